The Bertz CT molecular complexity index is 984. The fourth-order valence-electron chi connectivity index (χ4n) is 3.40. The second-order valence-electron chi connectivity index (χ2n) is 6.80. The molecule has 1 aliphatic heterocycles. The van der Waals surface area contributed by atoms with Crippen LogP contribution in [0.25, 0.3) is 5.82 Å². The van der Waals surface area contributed by atoms with Crippen LogP contribution in [-0.2, 0) is 22.6 Å². The molecule has 28 heavy (non-hydrogen) atoms. The Kier molecular flexibility index (Phi) is 5.14. The highest BCUT2D eigenvalue weighted by Crippen LogP contribution is 2.27. The monoisotopic (exact) mass is 375 g/mol. The van der Waals surface area contributed by atoms with Gasteiger partial charge in [0.15, 0.2) is 5.82 Å². The smallest absolute Gasteiger partial charge is 0.227 e. The predicted molar refractivity (Wildman–Crippen MR) is 105 cm³/mol. The summed E-state index contributed by atoms with van der Waals surface area (Å²) in [4.78, 5) is 28.9. The van der Waals surface area contributed by atoms with E-state index in [-0.39, 0.29) is 17.7 Å². The van der Waals surface area contributed by atoms with Crippen LogP contribution in [0.5, 0.6) is 0 Å². The van der Waals surface area contributed by atoms with Crippen LogP contribution in [0.2, 0.25) is 0 Å². The van der Waals surface area contributed by atoms with Crippen molar-refractivity contribution in [2.75, 3.05) is 5.32 Å². The van der Waals surface area contributed by atoms with E-state index in [0.29, 0.717) is 31.6 Å². The van der Waals surface area contributed by atoms with Crippen molar-refractivity contribution in [3.63, 3.8) is 0 Å². The highest BCUT2D eigenvalue weighted by atomic mass is 16.2. The van der Waals surface area contributed by atoms with Crippen LogP contribution in [0.3, 0.4) is 0 Å². The first-order chi connectivity index (χ1) is 13.7. The third kappa shape index (κ3) is 3.93. The van der Waals surface area contributed by atoms with E-state index in [2.05, 4.69) is 20.7 Å². The third-order valence-electron chi connectivity index (χ3n) is 4.90. The molecule has 4 rings (SSSR count). The average molecular weight is 375 g/mol. The van der Waals surface area contributed by atoms with Crippen LogP contribution in [0.4, 0.5) is 5.69 Å². The van der Waals surface area contributed by atoms with Gasteiger partial charge in [-0.1, -0.05) is 24.3 Å². The number of carbonyl (C=O) groups is 2. The van der Waals surface area contributed by atoms with Gasteiger partial charge < -0.3 is 10.6 Å². The van der Waals surface area contributed by atoms with Crippen LogP contribution in [0, 0.1) is 5.92 Å². The molecule has 0 bridgehead atoms. The number of aromatic nitrogens is 3. The lowest BCUT2D eigenvalue weighted by molar-refractivity contribution is -0.122. The van der Waals surface area contributed by atoms with Crippen molar-refractivity contribution in [3.05, 3.63) is 72.2 Å². The van der Waals surface area contributed by atoms with Crippen molar-refractivity contribution in [1.82, 2.24) is 20.1 Å². The summed E-state index contributed by atoms with van der Waals surface area (Å²) in [5.74, 6) is 0.413. The quantitative estimate of drug-likeness (QED) is 0.693. The number of benzene rings is 1. The van der Waals surface area contributed by atoms with Gasteiger partial charge in [0.05, 0.1) is 0 Å². The number of carbonyl (C=O) groups excluding carboxylic acids is 2. The van der Waals surface area contributed by atoms with Gasteiger partial charge in [-0.3, -0.25) is 9.59 Å². The highest BCUT2D eigenvalue weighted by molar-refractivity contribution is 5.96. The Balaban J connectivity index is 1.32. The lowest BCUT2D eigenvalue weighted by Gasteiger charge is -2.24. The average Bonchev–Trinajstić information content (AvgIpc) is 3.25. The van der Waals surface area contributed by atoms with Crippen LogP contribution in [-0.4, -0.2) is 26.6 Å². The molecule has 2 aromatic heterocycles. The maximum absolute atomic E-state index is 12.3. The van der Waals surface area contributed by atoms with Gasteiger partial charge in [-0.2, -0.15) is 5.10 Å². The summed E-state index contributed by atoms with van der Waals surface area (Å²) in [5.41, 5.74) is 2.87. The maximum atomic E-state index is 12.3. The summed E-state index contributed by atoms with van der Waals surface area (Å²) in [6.07, 6.45) is 6.68. The van der Waals surface area contributed by atoms with Gasteiger partial charge in [0.25, 0.3) is 0 Å². The second-order valence-corrected chi connectivity index (χ2v) is 6.80. The van der Waals surface area contributed by atoms with Crippen LogP contribution in [0.15, 0.2) is 61.1 Å². The minimum absolute atomic E-state index is 0.0141. The normalized spacial score (nSPS) is 15.6. The van der Waals surface area contributed by atoms with Crippen molar-refractivity contribution in [2.24, 2.45) is 5.92 Å². The largest absolute Gasteiger partial charge is 0.352 e. The van der Waals surface area contributed by atoms with Crippen LogP contribution in [0.1, 0.15) is 24.0 Å². The molecule has 0 saturated carbocycles. The van der Waals surface area contributed by atoms with Crippen molar-refractivity contribution in [3.8, 4) is 5.82 Å². The number of pyridine rings is 1. The van der Waals surface area contributed by atoms with Gasteiger partial charge in [0.1, 0.15) is 0 Å². The van der Waals surface area contributed by atoms with Gasteiger partial charge in [0, 0.05) is 48.7 Å². The maximum Gasteiger partial charge on any atom is 0.227 e. The molecule has 0 saturated heterocycles. The number of hydrogen-bond donors (Lipinski definition) is 2. The molecule has 1 aromatic carbocycles. The van der Waals surface area contributed by atoms with Gasteiger partial charge in [-0.15, -0.1) is 0 Å². The topological polar surface area (TPSA) is 88.9 Å². The first kappa shape index (κ1) is 17.9. The Hall–Kier alpha value is -3.48. The molecule has 7 nitrogen and oxygen atoms in total. The lowest BCUT2D eigenvalue weighted by Crippen LogP contribution is -2.31. The first-order valence-electron chi connectivity index (χ1n) is 9.30. The fourth-order valence-corrected chi connectivity index (χ4v) is 3.40. The third-order valence-corrected chi connectivity index (χ3v) is 4.90. The molecule has 7 heteroatoms. The number of nitrogens with one attached hydrogen (secondary N) is 2. The summed E-state index contributed by atoms with van der Waals surface area (Å²) in [5, 5.41) is 10.0. The van der Waals surface area contributed by atoms with Crippen molar-refractivity contribution < 1.29 is 9.59 Å². The predicted octanol–water partition coefficient (Wildman–Crippen LogP) is 2.47. The van der Waals surface area contributed by atoms with E-state index >= 15 is 0 Å². The zero-order valence-electron chi connectivity index (χ0n) is 15.3. The SMILES string of the molecule is O=C(CC[C@@H]1Cc2ccccc2NC1=O)NCc1cccnc1-n1cccn1. The second kappa shape index (κ2) is 8.04. The van der Waals surface area contributed by atoms with E-state index in [1.165, 1.54) is 0 Å². The minimum Gasteiger partial charge on any atom is -0.352 e. The number of nitrogens with zero attached hydrogens (tertiary/aromatic N) is 3. The number of anilines is 1. The standard InChI is InChI=1S/C21H21N5O2/c27-19(9-8-16-13-15-5-1-2-7-18(15)25-21(16)28)23-14-17-6-3-10-22-20(17)26-12-4-11-24-26/h1-7,10-12,16H,8-9,13-14H2,(H,23,27)(H,25,28)/t16-/m1/s1. The lowest BCUT2D eigenvalue weighted by atomic mass is 9.89. The van der Waals surface area contributed by atoms with E-state index in [0.717, 1.165) is 16.8 Å². The Morgan fingerprint density at radius 2 is 2.07 bits per heavy atom. The van der Waals surface area contributed by atoms with Crippen LogP contribution < -0.4 is 10.6 Å². The summed E-state index contributed by atoms with van der Waals surface area (Å²) in [7, 11) is 0. The molecule has 0 fully saturated rings. The number of amides is 2. The van der Waals surface area contributed by atoms with E-state index < -0.39 is 0 Å². The van der Waals surface area contributed by atoms with Crippen molar-refractivity contribution in [1.29, 1.82) is 0 Å². The zero-order chi connectivity index (χ0) is 19.3. The summed E-state index contributed by atoms with van der Waals surface area (Å²) >= 11 is 0. The molecule has 0 spiro atoms. The molecular weight excluding hydrogens is 354 g/mol. The van der Waals surface area contributed by atoms with Crippen LogP contribution >= 0.6 is 0 Å². The minimum atomic E-state index is -0.182. The molecule has 3 heterocycles. The van der Waals surface area contributed by atoms with Gasteiger partial charge in [-0.05, 0) is 36.6 Å². The molecule has 0 aliphatic carbocycles. The van der Waals surface area contributed by atoms with E-state index in [9.17, 15) is 9.59 Å². The summed E-state index contributed by atoms with van der Waals surface area (Å²) in [6.45, 7) is 0.363. The number of fused-ring (bicyclic) bond motifs is 1. The fraction of sp³-hybridized carbons (Fsp3) is 0.238. The molecule has 3 aromatic rings. The Morgan fingerprint density at radius 3 is 2.93 bits per heavy atom. The molecule has 1 atom stereocenters. The number of hydrogen-bond acceptors (Lipinski definition) is 4. The van der Waals surface area contributed by atoms with E-state index in [1.54, 1.807) is 17.1 Å². The Labute approximate surface area is 162 Å². The van der Waals surface area contributed by atoms with E-state index in [1.807, 2.05) is 48.7 Å². The molecule has 2 amide bonds. The summed E-state index contributed by atoms with van der Waals surface area (Å²) < 4.78 is 1.67. The molecule has 142 valence electrons. The molecular formula is C21H21N5O2. The number of para-hydroxylation sites is 1. The number of rotatable bonds is 6. The van der Waals surface area contributed by atoms with E-state index in [4.69, 9.17) is 0 Å². The first-order valence-corrected chi connectivity index (χ1v) is 9.30. The van der Waals surface area contributed by atoms with Gasteiger partial charge in [-0.25, -0.2) is 9.67 Å². The van der Waals surface area contributed by atoms with Crippen molar-refractivity contribution in [2.45, 2.75) is 25.8 Å². The van der Waals surface area contributed by atoms with Gasteiger partial charge >= 0.3 is 0 Å². The van der Waals surface area contributed by atoms with Gasteiger partial charge in [0.2, 0.25) is 11.8 Å². The molecule has 0 unspecified atom stereocenters. The summed E-state index contributed by atoms with van der Waals surface area (Å²) in [6, 6.07) is 13.4. The Morgan fingerprint density at radius 1 is 1.18 bits per heavy atom. The highest BCUT2D eigenvalue weighted by Gasteiger charge is 2.26. The molecule has 1 aliphatic rings. The zero-order valence-corrected chi connectivity index (χ0v) is 15.3. The molecule has 0 radical (unpaired) electrons. The molecule has 2 N–H and O–H groups in total. The van der Waals surface area contributed by atoms with Crippen molar-refractivity contribution >= 4 is 17.5 Å².